The summed E-state index contributed by atoms with van der Waals surface area (Å²) in [6, 6.07) is 0. The second-order valence-corrected chi connectivity index (χ2v) is 5.45. The number of carbonyl (C=O) groups is 1. The summed E-state index contributed by atoms with van der Waals surface area (Å²) >= 11 is 0. The van der Waals surface area contributed by atoms with Crippen molar-refractivity contribution in [3.05, 3.63) is 17.0 Å². The van der Waals surface area contributed by atoms with Crippen molar-refractivity contribution >= 4 is 5.97 Å². The molecule has 19 heavy (non-hydrogen) atoms. The second kappa shape index (κ2) is 6.19. The summed E-state index contributed by atoms with van der Waals surface area (Å²) in [6.45, 7) is 6.90. The number of aromatic nitrogens is 1. The van der Waals surface area contributed by atoms with Gasteiger partial charge in [0.15, 0.2) is 0 Å². The predicted octanol–water partition coefficient (Wildman–Crippen LogP) is 2.37. The minimum absolute atomic E-state index is 0.300. The fourth-order valence-corrected chi connectivity index (χ4v) is 2.71. The van der Waals surface area contributed by atoms with Crippen LogP contribution in [0.2, 0.25) is 0 Å². The van der Waals surface area contributed by atoms with Crippen molar-refractivity contribution in [2.24, 2.45) is 5.92 Å². The third kappa shape index (κ3) is 3.80. The van der Waals surface area contributed by atoms with Crippen molar-refractivity contribution in [2.45, 2.75) is 46.1 Å². The minimum atomic E-state index is -0.682. The van der Waals surface area contributed by atoms with Crippen molar-refractivity contribution in [1.29, 1.82) is 0 Å². The SMILES string of the molecule is Cc1noc(C)c1CN1CCC(CCC(=O)O)CC1. The Kier molecular flexibility index (Phi) is 4.58. The Balaban J connectivity index is 1.79. The van der Waals surface area contributed by atoms with Crippen LogP contribution in [-0.4, -0.2) is 34.2 Å². The van der Waals surface area contributed by atoms with E-state index in [0.29, 0.717) is 12.3 Å². The Morgan fingerprint density at radius 2 is 2.11 bits per heavy atom. The number of piperidine rings is 1. The van der Waals surface area contributed by atoms with Crippen LogP contribution in [0.25, 0.3) is 0 Å². The Bertz CT molecular complexity index is 414. The van der Waals surface area contributed by atoms with Crippen molar-refractivity contribution in [1.82, 2.24) is 10.1 Å². The number of nitrogens with zero attached hydrogens (tertiary/aromatic N) is 2. The van der Waals surface area contributed by atoms with Crippen LogP contribution in [-0.2, 0) is 11.3 Å². The molecule has 1 saturated heterocycles. The Morgan fingerprint density at radius 3 is 2.63 bits per heavy atom. The van der Waals surface area contributed by atoms with Crippen LogP contribution >= 0.6 is 0 Å². The maximum Gasteiger partial charge on any atom is 0.303 e. The molecule has 1 fully saturated rings. The molecule has 2 rings (SSSR count). The molecule has 0 radical (unpaired) electrons. The molecule has 106 valence electrons. The molecule has 0 aromatic carbocycles. The summed E-state index contributed by atoms with van der Waals surface area (Å²) in [6.07, 6.45) is 3.30. The van der Waals surface area contributed by atoms with Crippen LogP contribution in [0.1, 0.15) is 42.7 Å². The highest BCUT2D eigenvalue weighted by Crippen LogP contribution is 2.24. The maximum atomic E-state index is 10.6. The quantitative estimate of drug-likeness (QED) is 0.886. The highest BCUT2D eigenvalue weighted by molar-refractivity contribution is 5.66. The molecule has 0 aliphatic carbocycles. The van der Waals surface area contributed by atoms with Gasteiger partial charge in [0.2, 0.25) is 0 Å². The molecule has 1 aliphatic heterocycles. The molecule has 2 heterocycles. The lowest BCUT2D eigenvalue weighted by Gasteiger charge is -2.31. The first-order chi connectivity index (χ1) is 9.06. The third-order valence-electron chi connectivity index (χ3n) is 4.04. The van der Waals surface area contributed by atoms with E-state index in [9.17, 15) is 4.79 Å². The fourth-order valence-electron chi connectivity index (χ4n) is 2.71. The molecule has 1 aromatic heterocycles. The van der Waals surface area contributed by atoms with E-state index in [4.69, 9.17) is 9.63 Å². The van der Waals surface area contributed by atoms with Gasteiger partial charge >= 0.3 is 5.97 Å². The van der Waals surface area contributed by atoms with Crippen molar-refractivity contribution in [3.8, 4) is 0 Å². The lowest BCUT2D eigenvalue weighted by molar-refractivity contribution is -0.137. The van der Waals surface area contributed by atoms with E-state index >= 15 is 0 Å². The summed E-state index contributed by atoms with van der Waals surface area (Å²) in [5.41, 5.74) is 2.18. The van der Waals surface area contributed by atoms with Crippen LogP contribution in [0.5, 0.6) is 0 Å². The van der Waals surface area contributed by atoms with Crippen LogP contribution in [0.4, 0.5) is 0 Å². The van der Waals surface area contributed by atoms with Gasteiger partial charge in [-0.15, -0.1) is 0 Å². The molecule has 0 saturated carbocycles. The fraction of sp³-hybridized carbons (Fsp3) is 0.714. The van der Waals surface area contributed by atoms with Crippen LogP contribution in [0.15, 0.2) is 4.52 Å². The number of carboxylic acids is 1. The van der Waals surface area contributed by atoms with E-state index in [1.165, 1.54) is 5.56 Å². The standard InChI is InChI=1S/C14H22N2O3/c1-10-13(11(2)19-15-10)9-16-7-5-12(6-8-16)3-4-14(17)18/h12H,3-9H2,1-2H3,(H,17,18). The van der Waals surface area contributed by atoms with Crippen molar-refractivity contribution < 1.29 is 14.4 Å². The molecular formula is C14H22N2O3. The smallest absolute Gasteiger partial charge is 0.303 e. The molecule has 0 amide bonds. The van der Waals surface area contributed by atoms with E-state index in [1.54, 1.807) is 0 Å². The third-order valence-corrected chi connectivity index (χ3v) is 4.04. The zero-order valence-electron chi connectivity index (χ0n) is 11.7. The number of likely N-dealkylation sites (tertiary alicyclic amines) is 1. The van der Waals surface area contributed by atoms with Crippen LogP contribution < -0.4 is 0 Å². The average molecular weight is 266 g/mol. The highest BCUT2D eigenvalue weighted by Gasteiger charge is 2.21. The Morgan fingerprint density at radius 1 is 1.42 bits per heavy atom. The number of aryl methyl sites for hydroxylation is 2. The van der Waals surface area contributed by atoms with Crippen LogP contribution in [0.3, 0.4) is 0 Å². The Hall–Kier alpha value is -1.36. The molecule has 0 bridgehead atoms. The van der Waals surface area contributed by atoms with Gasteiger partial charge in [-0.3, -0.25) is 9.69 Å². The van der Waals surface area contributed by atoms with Crippen LogP contribution in [0, 0.1) is 19.8 Å². The largest absolute Gasteiger partial charge is 0.481 e. The van der Waals surface area contributed by atoms with Crippen molar-refractivity contribution in [3.63, 3.8) is 0 Å². The average Bonchev–Trinajstić information content (AvgIpc) is 2.70. The molecule has 5 nitrogen and oxygen atoms in total. The first-order valence-corrected chi connectivity index (χ1v) is 6.92. The second-order valence-electron chi connectivity index (χ2n) is 5.45. The maximum absolute atomic E-state index is 10.6. The number of hydrogen-bond acceptors (Lipinski definition) is 4. The van der Waals surface area contributed by atoms with Gasteiger partial charge < -0.3 is 9.63 Å². The molecule has 0 atom stereocenters. The summed E-state index contributed by atoms with van der Waals surface area (Å²) in [5, 5.41) is 12.7. The lowest BCUT2D eigenvalue weighted by Crippen LogP contribution is -2.33. The first kappa shape index (κ1) is 14.1. The summed E-state index contributed by atoms with van der Waals surface area (Å²) < 4.78 is 5.18. The molecule has 0 unspecified atom stereocenters. The molecular weight excluding hydrogens is 244 g/mol. The lowest BCUT2D eigenvalue weighted by atomic mass is 9.92. The first-order valence-electron chi connectivity index (χ1n) is 6.92. The normalized spacial score (nSPS) is 17.8. The predicted molar refractivity (Wildman–Crippen MR) is 70.8 cm³/mol. The van der Waals surface area contributed by atoms with E-state index in [1.807, 2.05) is 13.8 Å². The van der Waals surface area contributed by atoms with E-state index < -0.39 is 5.97 Å². The monoisotopic (exact) mass is 266 g/mol. The zero-order chi connectivity index (χ0) is 13.8. The Labute approximate surface area is 113 Å². The summed E-state index contributed by atoms with van der Waals surface area (Å²) in [4.78, 5) is 13.0. The molecule has 1 aromatic rings. The van der Waals surface area contributed by atoms with E-state index in [-0.39, 0.29) is 0 Å². The van der Waals surface area contributed by atoms with Gasteiger partial charge in [-0.2, -0.15) is 0 Å². The summed E-state index contributed by atoms with van der Waals surface area (Å²) in [7, 11) is 0. The number of carboxylic acid groups (broad SMARTS) is 1. The van der Waals surface area contributed by atoms with Gasteiger partial charge in [0.05, 0.1) is 5.69 Å². The summed E-state index contributed by atoms with van der Waals surface area (Å²) in [5.74, 6) is 0.792. The molecule has 1 N–H and O–H groups in total. The van der Waals surface area contributed by atoms with Gasteiger partial charge in [-0.1, -0.05) is 5.16 Å². The van der Waals surface area contributed by atoms with Gasteiger partial charge in [-0.05, 0) is 52.1 Å². The number of rotatable bonds is 5. The van der Waals surface area contributed by atoms with E-state index in [0.717, 1.165) is 50.4 Å². The minimum Gasteiger partial charge on any atom is -0.481 e. The molecule has 5 heteroatoms. The highest BCUT2D eigenvalue weighted by atomic mass is 16.5. The number of hydrogen-bond donors (Lipinski definition) is 1. The topological polar surface area (TPSA) is 66.6 Å². The van der Waals surface area contributed by atoms with Gasteiger partial charge in [0, 0.05) is 18.5 Å². The van der Waals surface area contributed by atoms with Gasteiger partial charge in [-0.25, -0.2) is 0 Å². The number of aliphatic carboxylic acids is 1. The van der Waals surface area contributed by atoms with Gasteiger partial charge in [0.25, 0.3) is 0 Å². The van der Waals surface area contributed by atoms with Crippen molar-refractivity contribution in [2.75, 3.05) is 13.1 Å². The van der Waals surface area contributed by atoms with E-state index in [2.05, 4.69) is 10.1 Å². The zero-order valence-corrected chi connectivity index (χ0v) is 11.7. The van der Waals surface area contributed by atoms with Gasteiger partial charge in [0.1, 0.15) is 5.76 Å². The molecule has 0 spiro atoms. The molecule has 1 aliphatic rings.